The molecule has 0 aliphatic rings. The average Bonchev–Trinajstić information content (AvgIpc) is 2.42. The molecule has 2 amide bonds. The van der Waals surface area contributed by atoms with Crippen LogP contribution in [0.5, 0.6) is 5.75 Å². The Kier molecular flexibility index (Phi) is 5.37. The summed E-state index contributed by atoms with van der Waals surface area (Å²) < 4.78 is 5.21. The van der Waals surface area contributed by atoms with Gasteiger partial charge in [-0.05, 0) is 26.0 Å². The topological polar surface area (TPSA) is 70.1 Å². The summed E-state index contributed by atoms with van der Waals surface area (Å²) in [5.74, 6) is -0.483. The Hall–Kier alpha value is -2.24. The molecule has 0 fully saturated rings. The Morgan fingerprint density at radius 1 is 1.30 bits per heavy atom. The number of hydrogen-bond donors (Lipinski definition) is 1. The number of carbonyl (C=O) groups is 2. The maximum Gasteiger partial charge on any atom is 0.325 e. The molecule has 20 heavy (non-hydrogen) atoms. The minimum absolute atomic E-state index is 0.212. The molecule has 0 saturated heterocycles. The van der Waals surface area contributed by atoms with Crippen LogP contribution in [0.4, 0.5) is 10.5 Å². The summed E-state index contributed by atoms with van der Waals surface area (Å²) in [4.78, 5) is 26.0. The zero-order valence-electron chi connectivity index (χ0n) is 12.2. The van der Waals surface area contributed by atoms with Crippen molar-refractivity contribution in [2.45, 2.75) is 19.9 Å². The van der Waals surface area contributed by atoms with E-state index in [1.165, 1.54) is 16.9 Å². The number of para-hydroxylation sites is 2. The molecule has 0 saturated carbocycles. The zero-order chi connectivity index (χ0) is 15.3. The van der Waals surface area contributed by atoms with Gasteiger partial charge in [-0.25, -0.2) is 4.79 Å². The lowest BCUT2D eigenvalue weighted by Gasteiger charge is -2.30. The van der Waals surface area contributed by atoms with E-state index < -0.39 is 5.97 Å². The van der Waals surface area contributed by atoms with Crippen LogP contribution in [0.2, 0.25) is 0 Å². The first-order valence-electron chi connectivity index (χ1n) is 6.27. The number of benzene rings is 1. The smallest absolute Gasteiger partial charge is 0.325 e. The van der Waals surface area contributed by atoms with E-state index in [0.29, 0.717) is 11.4 Å². The van der Waals surface area contributed by atoms with Crippen molar-refractivity contribution >= 4 is 17.7 Å². The molecular weight excluding hydrogens is 260 g/mol. The minimum atomic E-state index is -1.04. The van der Waals surface area contributed by atoms with Crippen LogP contribution in [0.1, 0.15) is 13.8 Å². The van der Waals surface area contributed by atoms with Crippen LogP contribution in [-0.4, -0.2) is 48.8 Å². The SMILES string of the molecule is COc1ccccc1N(C)C(=O)N(CC(=O)O)C(C)C. The van der Waals surface area contributed by atoms with Crippen LogP contribution in [0.15, 0.2) is 24.3 Å². The molecule has 1 N–H and O–H groups in total. The van der Waals surface area contributed by atoms with Gasteiger partial charge in [0.05, 0.1) is 12.8 Å². The zero-order valence-corrected chi connectivity index (χ0v) is 12.2. The molecule has 0 aromatic heterocycles. The molecule has 0 atom stereocenters. The number of methoxy groups -OCH3 is 1. The monoisotopic (exact) mass is 280 g/mol. The molecule has 1 aromatic carbocycles. The summed E-state index contributed by atoms with van der Waals surface area (Å²) >= 11 is 0. The molecule has 6 nitrogen and oxygen atoms in total. The second-order valence-electron chi connectivity index (χ2n) is 4.63. The molecule has 0 aliphatic heterocycles. The highest BCUT2D eigenvalue weighted by Gasteiger charge is 2.25. The van der Waals surface area contributed by atoms with Gasteiger partial charge in [-0.15, -0.1) is 0 Å². The maximum absolute atomic E-state index is 12.4. The second-order valence-corrected chi connectivity index (χ2v) is 4.63. The van der Waals surface area contributed by atoms with Crippen LogP contribution < -0.4 is 9.64 Å². The van der Waals surface area contributed by atoms with E-state index in [2.05, 4.69) is 0 Å². The molecule has 110 valence electrons. The van der Waals surface area contributed by atoms with Crippen LogP contribution in [-0.2, 0) is 4.79 Å². The first-order valence-corrected chi connectivity index (χ1v) is 6.27. The highest BCUT2D eigenvalue weighted by atomic mass is 16.5. The van der Waals surface area contributed by atoms with E-state index >= 15 is 0 Å². The van der Waals surface area contributed by atoms with Crippen molar-refractivity contribution in [2.75, 3.05) is 25.6 Å². The van der Waals surface area contributed by atoms with Crippen molar-refractivity contribution < 1.29 is 19.4 Å². The van der Waals surface area contributed by atoms with Crippen LogP contribution in [0.3, 0.4) is 0 Å². The molecule has 1 rings (SSSR count). The largest absolute Gasteiger partial charge is 0.495 e. The standard InChI is InChI=1S/C14H20N2O4/c1-10(2)16(9-13(17)18)14(19)15(3)11-7-5-6-8-12(11)20-4/h5-8,10H,9H2,1-4H3,(H,17,18). The maximum atomic E-state index is 12.4. The molecule has 0 radical (unpaired) electrons. The summed E-state index contributed by atoms with van der Waals surface area (Å²) in [5.41, 5.74) is 0.594. The summed E-state index contributed by atoms with van der Waals surface area (Å²) in [7, 11) is 3.12. The molecule has 1 aromatic rings. The van der Waals surface area contributed by atoms with E-state index in [1.54, 1.807) is 45.2 Å². The molecule has 0 unspecified atom stereocenters. The fourth-order valence-electron chi connectivity index (χ4n) is 1.82. The number of amides is 2. The van der Waals surface area contributed by atoms with Crippen LogP contribution >= 0.6 is 0 Å². The van der Waals surface area contributed by atoms with E-state index in [4.69, 9.17) is 9.84 Å². The Morgan fingerprint density at radius 3 is 2.40 bits per heavy atom. The Morgan fingerprint density at radius 2 is 1.90 bits per heavy atom. The van der Waals surface area contributed by atoms with Gasteiger partial charge in [0.15, 0.2) is 0 Å². The highest BCUT2D eigenvalue weighted by molar-refractivity contribution is 5.94. The number of carboxylic acid groups (broad SMARTS) is 1. The fourth-order valence-corrected chi connectivity index (χ4v) is 1.82. The summed E-state index contributed by atoms with van der Waals surface area (Å²) in [6.07, 6.45) is 0. The third-order valence-electron chi connectivity index (χ3n) is 2.91. The van der Waals surface area contributed by atoms with Crippen molar-refractivity contribution in [1.82, 2.24) is 4.90 Å². The lowest BCUT2D eigenvalue weighted by molar-refractivity contribution is -0.137. The predicted octanol–water partition coefficient (Wildman–Crippen LogP) is 2.05. The predicted molar refractivity (Wildman–Crippen MR) is 76.3 cm³/mol. The van der Waals surface area contributed by atoms with Gasteiger partial charge in [0.2, 0.25) is 0 Å². The summed E-state index contributed by atoms with van der Waals surface area (Å²) in [6, 6.07) is 6.49. The number of ether oxygens (including phenoxy) is 1. The lowest BCUT2D eigenvalue weighted by Crippen LogP contribution is -2.47. The van der Waals surface area contributed by atoms with Gasteiger partial charge in [-0.1, -0.05) is 12.1 Å². The van der Waals surface area contributed by atoms with Gasteiger partial charge in [0.1, 0.15) is 12.3 Å². The van der Waals surface area contributed by atoms with Gasteiger partial charge < -0.3 is 14.7 Å². The summed E-state index contributed by atoms with van der Waals surface area (Å²) in [5, 5.41) is 8.90. The van der Waals surface area contributed by atoms with Gasteiger partial charge in [-0.3, -0.25) is 9.69 Å². The van der Waals surface area contributed by atoms with Crippen molar-refractivity contribution in [3.05, 3.63) is 24.3 Å². The third kappa shape index (κ3) is 3.63. The van der Waals surface area contributed by atoms with Gasteiger partial charge in [0.25, 0.3) is 0 Å². The Balaban J connectivity index is 3.02. The second kappa shape index (κ2) is 6.79. The van der Waals surface area contributed by atoms with Gasteiger partial charge in [0, 0.05) is 13.1 Å². The van der Waals surface area contributed by atoms with E-state index in [9.17, 15) is 9.59 Å². The molecule has 0 aliphatic carbocycles. The molecule has 0 heterocycles. The average molecular weight is 280 g/mol. The highest BCUT2D eigenvalue weighted by Crippen LogP contribution is 2.27. The number of hydrogen-bond acceptors (Lipinski definition) is 3. The first kappa shape index (κ1) is 15.8. The number of carboxylic acids is 1. The lowest BCUT2D eigenvalue weighted by atomic mass is 10.2. The quantitative estimate of drug-likeness (QED) is 0.896. The number of rotatable bonds is 5. The molecule has 0 bridgehead atoms. The molecule has 6 heteroatoms. The number of carbonyl (C=O) groups excluding carboxylic acids is 1. The number of anilines is 1. The Labute approximate surface area is 118 Å². The van der Waals surface area contributed by atoms with Gasteiger partial charge in [-0.2, -0.15) is 0 Å². The van der Waals surface area contributed by atoms with Crippen molar-refractivity contribution in [1.29, 1.82) is 0 Å². The van der Waals surface area contributed by atoms with E-state index in [0.717, 1.165) is 0 Å². The van der Waals surface area contributed by atoms with E-state index in [-0.39, 0.29) is 18.6 Å². The minimum Gasteiger partial charge on any atom is -0.495 e. The molecule has 0 spiro atoms. The third-order valence-corrected chi connectivity index (χ3v) is 2.91. The normalized spacial score (nSPS) is 10.2. The number of urea groups is 1. The van der Waals surface area contributed by atoms with Crippen LogP contribution in [0.25, 0.3) is 0 Å². The van der Waals surface area contributed by atoms with Crippen molar-refractivity contribution in [2.24, 2.45) is 0 Å². The van der Waals surface area contributed by atoms with Crippen molar-refractivity contribution in [3.63, 3.8) is 0 Å². The number of aliphatic carboxylic acids is 1. The van der Waals surface area contributed by atoms with Gasteiger partial charge >= 0.3 is 12.0 Å². The van der Waals surface area contributed by atoms with Crippen LogP contribution in [0, 0.1) is 0 Å². The Bertz CT molecular complexity index is 488. The summed E-state index contributed by atoms with van der Waals surface area (Å²) in [6.45, 7) is 3.21. The van der Waals surface area contributed by atoms with E-state index in [1.807, 2.05) is 0 Å². The molecular formula is C14H20N2O4. The fraction of sp³-hybridized carbons (Fsp3) is 0.429. The van der Waals surface area contributed by atoms with Crippen molar-refractivity contribution in [3.8, 4) is 5.75 Å². The first-order chi connectivity index (χ1) is 9.38. The number of nitrogens with zero attached hydrogens (tertiary/aromatic N) is 2.